The highest BCUT2D eigenvalue weighted by atomic mass is 32.1. The molecule has 0 spiro atoms. The Morgan fingerprint density at radius 2 is 0.767 bits per heavy atom. The van der Waals surface area contributed by atoms with Crippen molar-refractivity contribution in [3.8, 4) is 0 Å². The minimum Gasteiger partial charge on any atom is -0.293 e. The lowest BCUT2D eigenvalue weighted by atomic mass is 10.1. The summed E-state index contributed by atoms with van der Waals surface area (Å²) in [6.45, 7) is 0. The fraction of sp³-hybridized carbons (Fsp3) is 0.615. The zero-order valence-electron chi connectivity index (χ0n) is 18.3. The van der Waals surface area contributed by atoms with Crippen molar-refractivity contribution in [1.29, 1.82) is 0 Å². The average molecular weight is 445 g/mol. The van der Waals surface area contributed by atoms with Gasteiger partial charge in [-0.1, -0.05) is 51.4 Å². The highest BCUT2D eigenvalue weighted by molar-refractivity contribution is 7.14. The SMILES string of the molecule is O=C1CCCCCCCCc2ccc(s2)C(=O)CCCCCCCCc2ccc1s2. The molecule has 3 rings (SSSR count). The molecule has 30 heavy (non-hydrogen) atoms. The molecule has 2 aromatic heterocycles. The largest absolute Gasteiger partial charge is 0.293 e. The summed E-state index contributed by atoms with van der Waals surface area (Å²) >= 11 is 3.41. The molecule has 0 atom stereocenters. The van der Waals surface area contributed by atoms with Crippen molar-refractivity contribution in [2.24, 2.45) is 0 Å². The Hall–Kier alpha value is -1.26. The van der Waals surface area contributed by atoms with Crippen molar-refractivity contribution >= 4 is 34.2 Å². The second-order valence-electron chi connectivity index (χ2n) is 8.62. The Morgan fingerprint density at radius 3 is 1.17 bits per heavy atom. The standard InChI is InChI=1S/C26H36O2S2/c27-23-15-11-7-3-1-5-9-13-21-17-19-26(29-21)24(28)16-12-8-4-2-6-10-14-22-18-20-25(23)30-22/h17-20H,1-16H2. The number of hydrogen-bond acceptors (Lipinski definition) is 4. The molecule has 0 saturated carbocycles. The van der Waals surface area contributed by atoms with E-state index in [0.29, 0.717) is 24.4 Å². The molecule has 3 heterocycles. The number of Topliss-reactive ketones (excluding diaryl/α,β-unsaturated/α-hetero) is 2. The van der Waals surface area contributed by atoms with Gasteiger partial charge in [-0.2, -0.15) is 0 Å². The number of thiophene rings is 2. The fourth-order valence-electron chi connectivity index (χ4n) is 4.15. The van der Waals surface area contributed by atoms with E-state index in [2.05, 4.69) is 12.1 Å². The molecule has 0 unspecified atom stereocenters. The number of carbonyl (C=O) groups is 2. The molecule has 0 N–H and O–H groups in total. The third kappa shape index (κ3) is 8.11. The zero-order valence-corrected chi connectivity index (χ0v) is 19.9. The van der Waals surface area contributed by atoms with E-state index in [1.165, 1.54) is 61.1 Å². The zero-order chi connectivity index (χ0) is 21.0. The molecular formula is C26H36O2S2. The van der Waals surface area contributed by atoms with Gasteiger partial charge in [-0.3, -0.25) is 9.59 Å². The maximum Gasteiger partial charge on any atom is 0.172 e. The average Bonchev–Trinajstić information content (AvgIpc) is 3.41. The Morgan fingerprint density at radius 1 is 0.433 bits per heavy atom. The van der Waals surface area contributed by atoms with Gasteiger partial charge in [0.25, 0.3) is 0 Å². The molecule has 1 aliphatic rings. The molecule has 4 heteroatoms. The first-order valence-corrected chi connectivity index (χ1v) is 13.6. The summed E-state index contributed by atoms with van der Waals surface area (Å²) in [5, 5.41) is 0. The highest BCUT2D eigenvalue weighted by Crippen LogP contribution is 2.24. The van der Waals surface area contributed by atoms with Gasteiger partial charge in [-0.25, -0.2) is 0 Å². The van der Waals surface area contributed by atoms with Crippen LogP contribution in [-0.2, 0) is 12.8 Å². The van der Waals surface area contributed by atoms with Crippen LogP contribution in [0.3, 0.4) is 0 Å². The number of fused-ring (bicyclic) bond motifs is 4. The topological polar surface area (TPSA) is 34.1 Å². The van der Waals surface area contributed by atoms with Crippen LogP contribution in [0, 0.1) is 0 Å². The predicted molar refractivity (Wildman–Crippen MR) is 129 cm³/mol. The van der Waals surface area contributed by atoms with Gasteiger partial charge in [0.15, 0.2) is 11.6 Å². The van der Waals surface area contributed by atoms with Gasteiger partial charge in [-0.15, -0.1) is 22.7 Å². The molecular weight excluding hydrogens is 408 g/mol. The van der Waals surface area contributed by atoms with Gasteiger partial charge in [0.05, 0.1) is 9.75 Å². The summed E-state index contributed by atoms with van der Waals surface area (Å²) in [5.74, 6) is 0.674. The van der Waals surface area contributed by atoms with Crippen LogP contribution >= 0.6 is 22.7 Å². The van der Waals surface area contributed by atoms with Gasteiger partial charge in [0, 0.05) is 22.6 Å². The summed E-state index contributed by atoms with van der Waals surface area (Å²) in [5.41, 5.74) is 0. The Balaban J connectivity index is 1.47. The lowest BCUT2D eigenvalue weighted by Gasteiger charge is -2.03. The number of rotatable bonds is 0. The minimum absolute atomic E-state index is 0.337. The van der Waals surface area contributed by atoms with Gasteiger partial charge in [0.2, 0.25) is 0 Å². The van der Waals surface area contributed by atoms with Gasteiger partial charge in [-0.05, 0) is 62.8 Å². The van der Waals surface area contributed by atoms with Gasteiger partial charge < -0.3 is 0 Å². The maximum atomic E-state index is 12.4. The van der Waals surface area contributed by atoms with Gasteiger partial charge >= 0.3 is 0 Å². The first-order valence-electron chi connectivity index (χ1n) is 12.0. The van der Waals surface area contributed by atoms with Crippen molar-refractivity contribution in [1.82, 2.24) is 0 Å². The Labute approximate surface area is 190 Å². The fourth-order valence-corrected chi connectivity index (χ4v) is 6.19. The van der Waals surface area contributed by atoms with Crippen LogP contribution in [-0.4, -0.2) is 11.6 Å². The second kappa shape index (κ2) is 13.2. The van der Waals surface area contributed by atoms with E-state index < -0.39 is 0 Å². The maximum absolute atomic E-state index is 12.4. The lowest BCUT2D eigenvalue weighted by molar-refractivity contribution is 0.0975. The van der Waals surface area contributed by atoms with Crippen molar-refractivity contribution in [2.75, 3.05) is 0 Å². The van der Waals surface area contributed by atoms with Crippen LogP contribution in [0.25, 0.3) is 0 Å². The summed E-state index contributed by atoms with van der Waals surface area (Å²) in [4.78, 5) is 29.5. The molecule has 1 aliphatic heterocycles. The molecule has 4 bridgehead atoms. The predicted octanol–water partition coefficient (Wildman–Crippen LogP) is 8.44. The first-order chi connectivity index (χ1) is 14.7. The molecule has 0 saturated heterocycles. The number of carbonyl (C=O) groups excluding carboxylic acids is 2. The van der Waals surface area contributed by atoms with E-state index in [0.717, 1.165) is 48.3 Å². The van der Waals surface area contributed by atoms with Crippen molar-refractivity contribution in [2.45, 2.75) is 103 Å². The van der Waals surface area contributed by atoms with Crippen LogP contribution in [0.5, 0.6) is 0 Å². The van der Waals surface area contributed by atoms with E-state index in [1.54, 1.807) is 22.7 Å². The summed E-state index contributed by atoms with van der Waals surface area (Å²) < 4.78 is 0. The third-order valence-electron chi connectivity index (χ3n) is 6.03. The smallest absolute Gasteiger partial charge is 0.172 e. The van der Waals surface area contributed by atoms with Crippen LogP contribution in [0.1, 0.15) is 119 Å². The molecule has 0 aromatic carbocycles. The molecule has 0 fully saturated rings. The third-order valence-corrected chi connectivity index (χ3v) is 8.40. The van der Waals surface area contributed by atoms with E-state index >= 15 is 0 Å². The van der Waals surface area contributed by atoms with Crippen molar-refractivity contribution in [3.63, 3.8) is 0 Å². The summed E-state index contributed by atoms with van der Waals surface area (Å²) in [6, 6.07) is 8.38. The Bertz CT molecular complexity index is 720. The number of aryl methyl sites for hydroxylation is 2. The lowest BCUT2D eigenvalue weighted by Crippen LogP contribution is -1.95. The molecule has 164 valence electrons. The minimum atomic E-state index is 0.337. The van der Waals surface area contributed by atoms with Gasteiger partial charge in [0.1, 0.15) is 0 Å². The number of hydrogen-bond donors (Lipinski definition) is 0. The number of ketones is 2. The van der Waals surface area contributed by atoms with Crippen LogP contribution in [0.15, 0.2) is 24.3 Å². The normalized spacial score (nSPS) is 19.3. The highest BCUT2D eigenvalue weighted by Gasteiger charge is 2.11. The van der Waals surface area contributed by atoms with E-state index in [4.69, 9.17) is 0 Å². The van der Waals surface area contributed by atoms with Crippen LogP contribution in [0.4, 0.5) is 0 Å². The Kier molecular flexibility index (Phi) is 10.3. The first kappa shape index (κ1) is 23.4. The molecule has 0 radical (unpaired) electrons. The van der Waals surface area contributed by atoms with E-state index in [-0.39, 0.29) is 0 Å². The monoisotopic (exact) mass is 444 g/mol. The van der Waals surface area contributed by atoms with Crippen molar-refractivity contribution < 1.29 is 9.59 Å². The van der Waals surface area contributed by atoms with E-state index in [9.17, 15) is 9.59 Å². The van der Waals surface area contributed by atoms with Crippen LogP contribution < -0.4 is 0 Å². The summed E-state index contributed by atoms with van der Waals surface area (Å²) in [6.07, 6.45) is 17.7. The quantitative estimate of drug-likeness (QED) is 0.408. The second-order valence-corrected chi connectivity index (χ2v) is 11.0. The van der Waals surface area contributed by atoms with E-state index in [1.807, 2.05) is 12.1 Å². The van der Waals surface area contributed by atoms with Crippen molar-refractivity contribution in [3.05, 3.63) is 43.8 Å². The summed E-state index contributed by atoms with van der Waals surface area (Å²) in [7, 11) is 0. The molecule has 2 nitrogen and oxygen atoms in total. The molecule has 2 aromatic rings. The molecule has 0 aliphatic carbocycles. The van der Waals surface area contributed by atoms with Crippen LogP contribution in [0.2, 0.25) is 0 Å². The molecule has 0 amide bonds.